The average molecular weight is 286 g/mol. The van der Waals surface area contributed by atoms with Crippen molar-refractivity contribution in [2.24, 2.45) is 0 Å². The molecule has 118 valence electrons. The lowest BCUT2D eigenvalue weighted by Gasteiger charge is -2.17. The summed E-state index contributed by atoms with van der Waals surface area (Å²) in [7, 11) is 0. The SMILES string of the molecule is CC.CC.CC(C)(O)OCCCOc1ccc(N)nc1. The Labute approximate surface area is 123 Å². The molecule has 1 aromatic heterocycles. The van der Waals surface area contributed by atoms with Crippen LogP contribution in [0.4, 0.5) is 5.82 Å². The third-order valence-corrected chi connectivity index (χ3v) is 1.77. The molecule has 1 rings (SSSR count). The molecule has 0 saturated heterocycles. The van der Waals surface area contributed by atoms with Crippen molar-refractivity contribution in [2.75, 3.05) is 18.9 Å². The van der Waals surface area contributed by atoms with E-state index in [2.05, 4.69) is 4.98 Å². The van der Waals surface area contributed by atoms with Crippen molar-refractivity contribution in [3.05, 3.63) is 18.3 Å². The van der Waals surface area contributed by atoms with Gasteiger partial charge < -0.3 is 20.3 Å². The van der Waals surface area contributed by atoms with Crippen molar-refractivity contribution in [2.45, 2.75) is 53.8 Å². The van der Waals surface area contributed by atoms with Crippen LogP contribution in [0.15, 0.2) is 18.3 Å². The van der Waals surface area contributed by atoms with Gasteiger partial charge in [0, 0.05) is 6.42 Å². The second kappa shape index (κ2) is 12.7. The fraction of sp³-hybridized carbons (Fsp3) is 0.667. The number of hydrogen-bond donors (Lipinski definition) is 2. The first kappa shape index (κ1) is 21.0. The number of pyridine rings is 1. The molecule has 0 bridgehead atoms. The molecule has 0 fully saturated rings. The van der Waals surface area contributed by atoms with Crippen LogP contribution in [-0.2, 0) is 4.74 Å². The summed E-state index contributed by atoms with van der Waals surface area (Å²) in [6, 6.07) is 3.45. The Morgan fingerprint density at radius 3 is 2.20 bits per heavy atom. The average Bonchev–Trinajstić information content (AvgIpc) is 2.44. The Morgan fingerprint density at radius 1 is 1.15 bits per heavy atom. The van der Waals surface area contributed by atoms with E-state index in [1.165, 1.54) is 0 Å². The van der Waals surface area contributed by atoms with Crippen LogP contribution < -0.4 is 10.5 Å². The van der Waals surface area contributed by atoms with E-state index in [1.54, 1.807) is 32.2 Å². The maximum absolute atomic E-state index is 9.28. The van der Waals surface area contributed by atoms with E-state index >= 15 is 0 Å². The van der Waals surface area contributed by atoms with Gasteiger partial charge in [0.05, 0.1) is 19.4 Å². The Morgan fingerprint density at radius 2 is 1.75 bits per heavy atom. The molecule has 5 heteroatoms. The van der Waals surface area contributed by atoms with Crippen LogP contribution in [0.25, 0.3) is 0 Å². The van der Waals surface area contributed by atoms with Crippen LogP contribution >= 0.6 is 0 Å². The number of nitrogen functional groups attached to an aromatic ring is 1. The van der Waals surface area contributed by atoms with E-state index in [4.69, 9.17) is 15.2 Å². The molecule has 0 amide bonds. The van der Waals surface area contributed by atoms with Gasteiger partial charge >= 0.3 is 0 Å². The molecule has 0 aliphatic carbocycles. The van der Waals surface area contributed by atoms with Gasteiger partial charge in [-0.1, -0.05) is 27.7 Å². The molecule has 20 heavy (non-hydrogen) atoms. The first-order valence-electron chi connectivity index (χ1n) is 7.18. The van der Waals surface area contributed by atoms with Gasteiger partial charge in [-0.2, -0.15) is 0 Å². The minimum absolute atomic E-state index is 0.450. The number of nitrogens with two attached hydrogens (primary N) is 1. The smallest absolute Gasteiger partial charge is 0.159 e. The molecule has 0 aromatic carbocycles. The Balaban J connectivity index is 0. The van der Waals surface area contributed by atoms with Gasteiger partial charge in [-0.05, 0) is 26.0 Å². The largest absolute Gasteiger partial charge is 0.492 e. The standard InChI is InChI=1S/C11H18N2O3.2C2H6/c1-11(2,14)16-7-3-6-15-9-4-5-10(12)13-8-9;2*1-2/h4-5,8,14H,3,6-7H2,1-2H3,(H2,12,13);2*1-2H3. The predicted molar refractivity (Wildman–Crippen MR) is 83.7 cm³/mol. The summed E-state index contributed by atoms with van der Waals surface area (Å²) >= 11 is 0. The highest BCUT2D eigenvalue weighted by atomic mass is 16.6. The van der Waals surface area contributed by atoms with Gasteiger partial charge in [0.1, 0.15) is 11.6 Å². The summed E-state index contributed by atoms with van der Waals surface area (Å²) < 4.78 is 10.5. The molecule has 0 aliphatic heterocycles. The van der Waals surface area contributed by atoms with Crippen LogP contribution in [0.2, 0.25) is 0 Å². The highest BCUT2D eigenvalue weighted by molar-refractivity contribution is 5.31. The number of rotatable bonds is 6. The molecular weight excluding hydrogens is 256 g/mol. The van der Waals surface area contributed by atoms with Crippen LogP contribution in [-0.4, -0.2) is 29.1 Å². The third-order valence-electron chi connectivity index (χ3n) is 1.77. The van der Waals surface area contributed by atoms with Gasteiger partial charge in [-0.15, -0.1) is 0 Å². The minimum atomic E-state index is -1.08. The number of ether oxygens (including phenoxy) is 2. The second-order valence-corrected chi connectivity index (χ2v) is 3.92. The molecule has 0 saturated carbocycles. The fourth-order valence-electron chi connectivity index (χ4n) is 1.05. The van der Waals surface area contributed by atoms with Crippen LogP contribution in [0.3, 0.4) is 0 Å². The zero-order valence-corrected chi connectivity index (χ0v) is 13.6. The molecule has 3 N–H and O–H groups in total. The fourth-order valence-corrected chi connectivity index (χ4v) is 1.05. The van der Waals surface area contributed by atoms with Crippen molar-refractivity contribution < 1.29 is 14.6 Å². The summed E-state index contributed by atoms with van der Waals surface area (Å²) in [6.07, 6.45) is 2.28. The molecule has 1 heterocycles. The normalized spacial score (nSPS) is 9.75. The number of aromatic nitrogens is 1. The highest BCUT2D eigenvalue weighted by Gasteiger charge is 2.11. The lowest BCUT2D eigenvalue weighted by molar-refractivity contribution is -0.176. The van der Waals surface area contributed by atoms with Gasteiger partial charge in [0.2, 0.25) is 0 Å². The van der Waals surface area contributed by atoms with Crippen molar-refractivity contribution in [1.82, 2.24) is 4.98 Å². The lowest BCUT2D eigenvalue weighted by Crippen LogP contribution is -2.24. The first-order chi connectivity index (χ1) is 9.47. The van der Waals surface area contributed by atoms with Gasteiger partial charge in [0.25, 0.3) is 0 Å². The van der Waals surface area contributed by atoms with E-state index in [-0.39, 0.29) is 0 Å². The molecule has 0 atom stereocenters. The number of anilines is 1. The quantitative estimate of drug-likeness (QED) is 0.620. The molecule has 1 aromatic rings. The zero-order valence-electron chi connectivity index (χ0n) is 13.6. The first-order valence-corrected chi connectivity index (χ1v) is 7.18. The number of nitrogens with zero attached hydrogens (tertiary/aromatic N) is 1. The predicted octanol–water partition coefficient (Wildman–Crippen LogP) is 3.23. The lowest BCUT2D eigenvalue weighted by atomic mass is 10.4. The molecule has 0 radical (unpaired) electrons. The number of aliphatic hydroxyl groups is 1. The Kier molecular flexibility index (Phi) is 13.3. The Hall–Kier alpha value is -1.33. The summed E-state index contributed by atoms with van der Waals surface area (Å²) in [5, 5.41) is 9.28. The van der Waals surface area contributed by atoms with E-state index < -0.39 is 5.79 Å². The second-order valence-electron chi connectivity index (χ2n) is 3.92. The third kappa shape index (κ3) is 13.1. The minimum Gasteiger partial charge on any atom is -0.492 e. The van der Waals surface area contributed by atoms with Gasteiger partial charge in [-0.25, -0.2) is 4.98 Å². The van der Waals surface area contributed by atoms with E-state index in [0.717, 1.165) is 0 Å². The van der Waals surface area contributed by atoms with E-state index in [0.29, 0.717) is 31.2 Å². The van der Waals surface area contributed by atoms with Gasteiger partial charge in [-0.3, -0.25) is 0 Å². The maximum Gasteiger partial charge on any atom is 0.159 e. The number of hydrogen-bond acceptors (Lipinski definition) is 5. The van der Waals surface area contributed by atoms with Crippen LogP contribution in [0.5, 0.6) is 5.75 Å². The van der Waals surface area contributed by atoms with E-state index in [1.807, 2.05) is 27.7 Å². The maximum atomic E-state index is 9.28. The van der Waals surface area contributed by atoms with E-state index in [9.17, 15) is 5.11 Å². The van der Waals surface area contributed by atoms with Crippen LogP contribution in [0, 0.1) is 0 Å². The molecule has 0 spiro atoms. The molecule has 0 unspecified atom stereocenters. The summed E-state index contributed by atoms with van der Waals surface area (Å²) in [5.74, 6) is 0.0677. The monoisotopic (exact) mass is 286 g/mol. The van der Waals surface area contributed by atoms with Gasteiger partial charge in [0.15, 0.2) is 5.79 Å². The summed E-state index contributed by atoms with van der Waals surface area (Å²) in [4.78, 5) is 3.90. The van der Waals surface area contributed by atoms with Crippen molar-refractivity contribution in [3.8, 4) is 5.75 Å². The van der Waals surface area contributed by atoms with Crippen molar-refractivity contribution in [1.29, 1.82) is 0 Å². The molecular formula is C15H30N2O3. The zero-order chi connectivity index (χ0) is 16.0. The molecule has 0 aliphatic rings. The van der Waals surface area contributed by atoms with Crippen molar-refractivity contribution >= 4 is 5.82 Å². The highest BCUT2D eigenvalue weighted by Crippen LogP contribution is 2.10. The molecule has 5 nitrogen and oxygen atoms in total. The van der Waals surface area contributed by atoms with Crippen LogP contribution in [0.1, 0.15) is 48.0 Å². The Bertz CT molecular complexity index is 308. The summed E-state index contributed by atoms with van der Waals surface area (Å²) in [6.45, 7) is 12.2. The summed E-state index contributed by atoms with van der Waals surface area (Å²) in [5.41, 5.74) is 5.44. The van der Waals surface area contributed by atoms with Crippen molar-refractivity contribution in [3.63, 3.8) is 0 Å². The topological polar surface area (TPSA) is 77.6 Å².